The van der Waals surface area contributed by atoms with Gasteiger partial charge in [0.25, 0.3) is 0 Å². The second-order valence-corrected chi connectivity index (χ2v) is 8.66. The van der Waals surface area contributed by atoms with Crippen LogP contribution in [0.5, 0.6) is 0 Å². The summed E-state index contributed by atoms with van der Waals surface area (Å²) >= 11 is 6.30. The summed E-state index contributed by atoms with van der Waals surface area (Å²) in [5, 5.41) is 20.3. The fourth-order valence-electron chi connectivity index (χ4n) is 5.68. The SMILES string of the molecule is CCCC1CCCC(C)C12CC(O)(c1cc(Cl)cc3cn[nH]c13)C2. The molecule has 1 heterocycles. The van der Waals surface area contributed by atoms with Crippen molar-refractivity contribution in [2.24, 2.45) is 17.3 Å². The molecule has 0 amide bonds. The zero-order chi connectivity index (χ0) is 16.9. The molecule has 0 saturated heterocycles. The van der Waals surface area contributed by atoms with Crippen molar-refractivity contribution in [3.05, 3.63) is 28.9 Å². The molecule has 1 aromatic carbocycles. The van der Waals surface area contributed by atoms with Gasteiger partial charge in [0.2, 0.25) is 0 Å². The zero-order valence-corrected chi connectivity index (χ0v) is 15.4. The molecule has 4 rings (SSSR count). The maximum absolute atomic E-state index is 11.4. The second-order valence-electron chi connectivity index (χ2n) is 8.22. The Kier molecular flexibility index (Phi) is 3.92. The molecule has 2 N–H and O–H groups in total. The predicted molar refractivity (Wildman–Crippen MR) is 98.1 cm³/mol. The molecule has 2 saturated carbocycles. The van der Waals surface area contributed by atoms with Crippen LogP contribution in [0.2, 0.25) is 5.02 Å². The normalized spacial score (nSPS) is 36.2. The van der Waals surface area contributed by atoms with Gasteiger partial charge in [-0.25, -0.2) is 0 Å². The highest BCUT2D eigenvalue weighted by atomic mass is 35.5. The highest BCUT2D eigenvalue weighted by Gasteiger charge is 2.61. The van der Waals surface area contributed by atoms with E-state index in [0.717, 1.165) is 35.2 Å². The van der Waals surface area contributed by atoms with Gasteiger partial charge in [0.15, 0.2) is 0 Å². The molecular formula is C20H27ClN2O. The molecule has 1 spiro atoms. The van der Waals surface area contributed by atoms with E-state index in [1.165, 1.54) is 32.1 Å². The molecule has 2 atom stereocenters. The highest BCUT2D eigenvalue weighted by molar-refractivity contribution is 6.31. The number of aromatic nitrogens is 2. The van der Waals surface area contributed by atoms with Crippen LogP contribution in [0.15, 0.2) is 18.3 Å². The van der Waals surface area contributed by atoms with E-state index in [4.69, 9.17) is 11.6 Å². The first-order valence-corrected chi connectivity index (χ1v) is 9.72. The molecule has 2 unspecified atom stereocenters. The monoisotopic (exact) mass is 346 g/mol. The Morgan fingerprint density at radius 1 is 1.33 bits per heavy atom. The van der Waals surface area contributed by atoms with Gasteiger partial charge in [-0.1, -0.05) is 51.1 Å². The average molecular weight is 347 g/mol. The summed E-state index contributed by atoms with van der Waals surface area (Å²) in [5.41, 5.74) is 1.40. The lowest BCUT2D eigenvalue weighted by Crippen LogP contribution is -2.57. The molecule has 2 aromatic rings. The van der Waals surface area contributed by atoms with Gasteiger partial charge in [0, 0.05) is 16.0 Å². The molecule has 2 aliphatic rings. The minimum Gasteiger partial charge on any atom is -0.385 e. The van der Waals surface area contributed by atoms with Gasteiger partial charge in [0.05, 0.1) is 17.3 Å². The standard InChI is InChI=1S/C20H27ClN2O/c1-3-5-15-7-4-6-13(2)19(15)11-20(24,12-19)17-9-16(21)8-14-10-22-23-18(14)17/h8-10,13,15,24H,3-7,11-12H2,1-2H3,(H,22,23). The molecule has 0 bridgehead atoms. The number of aromatic amines is 1. The van der Waals surface area contributed by atoms with E-state index in [1.807, 2.05) is 12.1 Å². The molecule has 130 valence electrons. The summed E-state index contributed by atoms with van der Waals surface area (Å²) in [6, 6.07) is 3.84. The lowest BCUT2D eigenvalue weighted by Gasteiger charge is -2.62. The van der Waals surface area contributed by atoms with Crippen molar-refractivity contribution < 1.29 is 5.11 Å². The molecule has 24 heavy (non-hydrogen) atoms. The van der Waals surface area contributed by atoms with Crippen molar-refractivity contribution in [3.8, 4) is 0 Å². The number of aliphatic hydroxyl groups is 1. The van der Waals surface area contributed by atoms with E-state index >= 15 is 0 Å². The maximum Gasteiger partial charge on any atom is 0.0928 e. The maximum atomic E-state index is 11.4. The van der Waals surface area contributed by atoms with Crippen LogP contribution < -0.4 is 0 Å². The summed E-state index contributed by atoms with van der Waals surface area (Å²) in [4.78, 5) is 0. The largest absolute Gasteiger partial charge is 0.385 e. The van der Waals surface area contributed by atoms with Crippen LogP contribution >= 0.6 is 11.6 Å². The van der Waals surface area contributed by atoms with Gasteiger partial charge >= 0.3 is 0 Å². The molecule has 1 aromatic heterocycles. The van der Waals surface area contributed by atoms with Crippen molar-refractivity contribution in [3.63, 3.8) is 0 Å². The van der Waals surface area contributed by atoms with Crippen molar-refractivity contribution in [2.45, 2.75) is 64.4 Å². The van der Waals surface area contributed by atoms with Gasteiger partial charge in [-0.2, -0.15) is 5.10 Å². The third-order valence-corrected chi connectivity index (χ3v) is 7.10. The Balaban J connectivity index is 1.70. The van der Waals surface area contributed by atoms with Gasteiger partial charge in [0.1, 0.15) is 0 Å². The summed E-state index contributed by atoms with van der Waals surface area (Å²) in [5.74, 6) is 1.45. The van der Waals surface area contributed by atoms with Crippen LogP contribution in [0.1, 0.15) is 64.4 Å². The fraction of sp³-hybridized carbons (Fsp3) is 0.650. The zero-order valence-electron chi connectivity index (χ0n) is 14.6. The number of hydrogen-bond donors (Lipinski definition) is 2. The number of nitrogens with one attached hydrogen (secondary N) is 1. The molecule has 3 nitrogen and oxygen atoms in total. The molecule has 2 fully saturated rings. The van der Waals surface area contributed by atoms with Crippen molar-refractivity contribution >= 4 is 22.5 Å². The number of nitrogens with zero attached hydrogens (tertiary/aromatic N) is 1. The van der Waals surface area contributed by atoms with Crippen LogP contribution in [-0.2, 0) is 5.60 Å². The van der Waals surface area contributed by atoms with E-state index in [1.54, 1.807) is 6.20 Å². The van der Waals surface area contributed by atoms with E-state index < -0.39 is 5.60 Å². The number of rotatable bonds is 3. The van der Waals surface area contributed by atoms with Crippen molar-refractivity contribution in [1.29, 1.82) is 0 Å². The molecule has 0 radical (unpaired) electrons. The minimum atomic E-state index is -0.771. The molecule has 2 aliphatic carbocycles. The number of hydrogen-bond acceptors (Lipinski definition) is 2. The van der Waals surface area contributed by atoms with Crippen LogP contribution in [0.25, 0.3) is 10.9 Å². The van der Waals surface area contributed by atoms with Crippen molar-refractivity contribution in [1.82, 2.24) is 10.2 Å². The Bertz CT molecular complexity index is 745. The fourth-order valence-corrected chi connectivity index (χ4v) is 5.91. The lowest BCUT2D eigenvalue weighted by atomic mass is 9.44. The van der Waals surface area contributed by atoms with Crippen LogP contribution in [0.4, 0.5) is 0 Å². The van der Waals surface area contributed by atoms with E-state index in [9.17, 15) is 5.11 Å². The molecule has 0 aliphatic heterocycles. The van der Waals surface area contributed by atoms with E-state index in [2.05, 4.69) is 24.0 Å². The Morgan fingerprint density at radius 3 is 2.88 bits per heavy atom. The Hall–Kier alpha value is -1.06. The first kappa shape index (κ1) is 16.4. The van der Waals surface area contributed by atoms with Crippen LogP contribution in [0.3, 0.4) is 0 Å². The third-order valence-electron chi connectivity index (χ3n) is 6.88. The molecule has 4 heteroatoms. The number of fused-ring (bicyclic) bond motifs is 1. The van der Waals surface area contributed by atoms with E-state index in [0.29, 0.717) is 16.4 Å². The molecular weight excluding hydrogens is 320 g/mol. The number of benzene rings is 1. The third kappa shape index (κ3) is 2.32. The number of halogens is 1. The Labute approximate surface area is 148 Å². The van der Waals surface area contributed by atoms with Crippen molar-refractivity contribution in [2.75, 3.05) is 0 Å². The first-order valence-electron chi connectivity index (χ1n) is 9.34. The first-order chi connectivity index (χ1) is 11.5. The van der Waals surface area contributed by atoms with Gasteiger partial charge < -0.3 is 5.11 Å². The smallest absolute Gasteiger partial charge is 0.0928 e. The van der Waals surface area contributed by atoms with Gasteiger partial charge in [-0.3, -0.25) is 5.10 Å². The summed E-state index contributed by atoms with van der Waals surface area (Å²) in [6.07, 6.45) is 9.99. The summed E-state index contributed by atoms with van der Waals surface area (Å²) < 4.78 is 0. The topological polar surface area (TPSA) is 48.9 Å². The summed E-state index contributed by atoms with van der Waals surface area (Å²) in [6.45, 7) is 4.67. The Morgan fingerprint density at radius 2 is 2.12 bits per heavy atom. The number of H-pyrrole nitrogens is 1. The second kappa shape index (κ2) is 5.74. The van der Waals surface area contributed by atoms with Gasteiger partial charge in [-0.05, 0) is 48.6 Å². The quantitative estimate of drug-likeness (QED) is 0.779. The van der Waals surface area contributed by atoms with Gasteiger partial charge in [-0.15, -0.1) is 0 Å². The highest BCUT2D eigenvalue weighted by Crippen LogP contribution is 2.66. The van der Waals surface area contributed by atoms with Crippen LogP contribution in [-0.4, -0.2) is 15.3 Å². The lowest BCUT2D eigenvalue weighted by molar-refractivity contribution is -0.197. The predicted octanol–water partition coefficient (Wildman–Crippen LogP) is 5.42. The average Bonchev–Trinajstić information content (AvgIpc) is 2.97. The minimum absolute atomic E-state index is 0.303. The summed E-state index contributed by atoms with van der Waals surface area (Å²) in [7, 11) is 0. The van der Waals surface area contributed by atoms with E-state index in [-0.39, 0.29) is 0 Å². The van der Waals surface area contributed by atoms with Crippen LogP contribution in [0, 0.1) is 17.3 Å².